The first kappa shape index (κ1) is 13.7. The molecule has 1 aliphatic rings. The van der Waals surface area contributed by atoms with Crippen LogP contribution in [-0.2, 0) is 6.54 Å². The summed E-state index contributed by atoms with van der Waals surface area (Å²) >= 11 is 6.19. The first-order valence-corrected chi connectivity index (χ1v) is 6.86. The summed E-state index contributed by atoms with van der Waals surface area (Å²) in [5, 5.41) is 22.8. The van der Waals surface area contributed by atoms with Gasteiger partial charge in [0.25, 0.3) is 0 Å². The lowest BCUT2D eigenvalue weighted by Crippen LogP contribution is -2.15. The molecular weight excluding hydrogens is 294 g/mol. The van der Waals surface area contributed by atoms with E-state index in [1.165, 1.54) is 6.07 Å². The monoisotopic (exact) mass is 307 g/mol. The van der Waals surface area contributed by atoms with Crippen LogP contribution in [-0.4, -0.2) is 23.4 Å². The minimum Gasteiger partial charge on any atom is -0.504 e. The first-order chi connectivity index (χ1) is 10.1. The van der Waals surface area contributed by atoms with Crippen LogP contribution in [0.4, 0.5) is 5.69 Å². The van der Waals surface area contributed by atoms with Crippen LogP contribution in [0.25, 0.3) is 0 Å². The average Bonchev–Trinajstić information content (AvgIpc) is 2.49. The Kier molecular flexibility index (Phi) is 3.66. The molecule has 0 bridgehead atoms. The number of benzene rings is 2. The van der Waals surface area contributed by atoms with Gasteiger partial charge in [-0.25, -0.2) is 0 Å². The number of rotatable bonds is 3. The summed E-state index contributed by atoms with van der Waals surface area (Å²) in [7, 11) is 0. The van der Waals surface area contributed by atoms with E-state index < -0.39 is 0 Å². The zero-order valence-electron chi connectivity index (χ0n) is 11.1. The Bertz CT molecular complexity index is 675. The van der Waals surface area contributed by atoms with Gasteiger partial charge in [0.15, 0.2) is 23.0 Å². The maximum absolute atomic E-state index is 9.77. The van der Waals surface area contributed by atoms with E-state index in [0.29, 0.717) is 47.5 Å². The number of fused-ring (bicyclic) bond motifs is 1. The van der Waals surface area contributed by atoms with Gasteiger partial charge in [-0.2, -0.15) is 0 Å². The second kappa shape index (κ2) is 5.61. The van der Waals surface area contributed by atoms with Crippen molar-refractivity contribution in [2.45, 2.75) is 6.54 Å². The van der Waals surface area contributed by atoms with Crippen molar-refractivity contribution in [1.82, 2.24) is 0 Å². The normalized spacial score (nSPS) is 13.0. The number of para-hydroxylation sites is 1. The van der Waals surface area contributed by atoms with E-state index in [-0.39, 0.29) is 11.5 Å². The zero-order chi connectivity index (χ0) is 14.8. The highest BCUT2D eigenvalue weighted by atomic mass is 35.5. The third-order valence-electron chi connectivity index (χ3n) is 3.20. The fourth-order valence-electron chi connectivity index (χ4n) is 2.11. The fourth-order valence-corrected chi connectivity index (χ4v) is 2.33. The highest BCUT2D eigenvalue weighted by molar-refractivity contribution is 6.33. The molecule has 3 rings (SSSR count). The van der Waals surface area contributed by atoms with Gasteiger partial charge < -0.3 is 25.0 Å². The molecule has 2 aromatic rings. The highest BCUT2D eigenvalue weighted by Crippen LogP contribution is 2.38. The molecule has 0 fully saturated rings. The summed E-state index contributed by atoms with van der Waals surface area (Å²) in [4.78, 5) is 0. The number of nitrogens with one attached hydrogen (secondary N) is 1. The molecule has 0 saturated carbocycles. The Balaban J connectivity index is 1.80. The summed E-state index contributed by atoms with van der Waals surface area (Å²) in [5.41, 5.74) is 1.24. The molecule has 1 aliphatic heterocycles. The van der Waals surface area contributed by atoms with Crippen LogP contribution >= 0.6 is 11.6 Å². The van der Waals surface area contributed by atoms with E-state index in [2.05, 4.69) is 5.32 Å². The molecule has 0 radical (unpaired) electrons. The Morgan fingerprint density at radius 1 is 1.10 bits per heavy atom. The van der Waals surface area contributed by atoms with Crippen LogP contribution < -0.4 is 14.8 Å². The molecule has 0 aromatic heterocycles. The molecule has 0 atom stereocenters. The van der Waals surface area contributed by atoms with Crippen LogP contribution in [0.1, 0.15) is 5.56 Å². The third-order valence-corrected chi connectivity index (χ3v) is 3.51. The van der Waals surface area contributed by atoms with E-state index in [1.807, 2.05) is 0 Å². The second-order valence-electron chi connectivity index (χ2n) is 4.61. The SMILES string of the molecule is Oc1cccc(CNc2cc3c(cc2Cl)OCCO3)c1O. The molecular formula is C15H14ClNO4. The average molecular weight is 308 g/mol. The van der Waals surface area contributed by atoms with Crippen LogP contribution in [0.3, 0.4) is 0 Å². The van der Waals surface area contributed by atoms with E-state index in [9.17, 15) is 10.2 Å². The Morgan fingerprint density at radius 2 is 1.81 bits per heavy atom. The molecule has 2 aromatic carbocycles. The van der Waals surface area contributed by atoms with Gasteiger partial charge in [0.05, 0.1) is 10.7 Å². The molecule has 0 aliphatic carbocycles. The van der Waals surface area contributed by atoms with E-state index >= 15 is 0 Å². The lowest BCUT2D eigenvalue weighted by molar-refractivity contribution is 0.171. The Hall–Kier alpha value is -2.27. The summed E-state index contributed by atoms with van der Waals surface area (Å²) in [5.74, 6) is 0.964. The second-order valence-corrected chi connectivity index (χ2v) is 5.02. The number of halogens is 1. The van der Waals surface area contributed by atoms with Gasteiger partial charge in [-0.3, -0.25) is 0 Å². The predicted octanol–water partition coefficient (Wildman–Crippen LogP) is 3.13. The van der Waals surface area contributed by atoms with Crippen molar-refractivity contribution < 1.29 is 19.7 Å². The quantitative estimate of drug-likeness (QED) is 0.760. The van der Waals surface area contributed by atoms with E-state index in [0.717, 1.165) is 0 Å². The number of hydrogen-bond acceptors (Lipinski definition) is 5. The van der Waals surface area contributed by atoms with Crippen molar-refractivity contribution in [2.75, 3.05) is 18.5 Å². The van der Waals surface area contributed by atoms with Crippen molar-refractivity contribution in [1.29, 1.82) is 0 Å². The van der Waals surface area contributed by atoms with Crippen molar-refractivity contribution in [3.05, 3.63) is 40.9 Å². The van der Waals surface area contributed by atoms with Gasteiger partial charge in [0.2, 0.25) is 0 Å². The first-order valence-electron chi connectivity index (χ1n) is 6.48. The maximum atomic E-state index is 9.77. The van der Waals surface area contributed by atoms with Gasteiger partial charge in [0, 0.05) is 24.2 Å². The minimum atomic E-state index is -0.150. The van der Waals surface area contributed by atoms with Gasteiger partial charge in [-0.1, -0.05) is 23.7 Å². The van der Waals surface area contributed by atoms with Crippen LogP contribution in [0.15, 0.2) is 30.3 Å². The summed E-state index contributed by atoms with van der Waals surface area (Å²) in [6.07, 6.45) is 0. The lowest BCUT2D eigenvalue weighted by Gasteiger charge is -2.20. The highest BCUT2D eigenvalue weighted by Gasteiger charge is 2.15. The Morgan fingerprint density at radius 3 is 2.57 bits per heavy atom. The number of aromatic hydroxyl groups is 2. The molecule has 5 nitrogen and oxygen atoms in total. The summed E-state index contributed by atoms with van der Waals surface area (Å²) < 4.78 is 10.9. The van der Waals surface area contributed by atoms with Crippen molar-refractivity contribution >= 4 is 17.3 Å². The fraction of sp³-hybridized carbons (Fsp3) is 0.200. The molecule has 0 unspecified atom stereocenters. The summed E-state index contributed by atoms with van der Waals surface area (Å²) in [6.45, 7) is 1.33. The van der Waals surface area contributed by atoms with Crippen LogP contribution in [0.2, 0.25) is 5.02 Å². The summed E-state index contributed by atoms with van der Waals surface area (Å²) in [6, 6.07) is 8.26. The van der Waals surface area contributed by atoms with E-state index in [1.54, 1.807) is 24.3 Å². The molecule has 110 valence electrons. The maximum Gasteiger partial charge on any atom is 0.163 e. The Labute approximate surface area is 126 Å². The van der Waals surface area contributed by atoms with Gasteiger partial charge >= 0.3 is 0 Å². The lowest BCUT2D eigenvalue weighted by atomic mass is 10.1. The molecule has 21 heavy (non-hydrogen) atoms. The molecule has 0 spiro atoms. The van der Waals surface area contributed by atoms with Crippen LogP contribution in [0.5, 0.6) is 23.0 Å². The smallest absolute Gasteiger partial charge is 0.163 e. The standard InChI is InChI=1S/C15H14ClNO4/c16-10-6-13-14(21-5-4-20-13)7-11(10)17-8-9-2-1-3-12(18)15(9)19/h1-3,6-7,17-19H,4-5,8H2. The zero-order valence-corrected chi connectivity index (χ0v) is 11.9. The molecule has 3 N–H and O–H groups in total. The van der Waals surface area contributed by atoms with Crippen LogP contribution in [0, 0.1) is 0 Å². The molecule has 1 heterocycles. The number of phenols is 2. The van der Waals surface area contributed by atoms with Gasteiger partial charge in [0.1, 0.15) is 13.2 Å². The van der Waals surface area contributed by atoms with Crippen molar-refractivity contribution in [2.24, 2.45) is 0 Å². The molecule has 0 amide bonds. The largest absolute Gasteiger partial charge is 0.504 e. The minimum absolute atomic E-state index is 0.140. The molecule has 6 heteroatoms. The number of phenolic OH excluding ortho intramolecular Hbond substituents is 2. The van der Waals surface area contributed by atoms with E-state index in [4.69, 9.17) is 21.1 Å². The predicted molar refractivity (Wildman–Crippen MR) is 79.5 cm³/mol. The van der Waals surface area contributed by atoms with Crippen molar-refractivity contribution in [3.63, 3.8) is 0 Å². The topological polar surface area (TPSA) is 71.0 Å². The number of anilines is 1. The van der Waals surface area contributed by atoms with Gasteiger partial charge in [-0.15, -0.1) is 0 Å². The number of ether oxygens (including phenoxy) is 2. The van der Waals surface area contributed by atoms with Gasteiger partial charge in [-0.05, 0) is 6.07 Å². The molecule has 0 saturated heterocycles. The third kappa shape index (κ3) is 2.78. The van der Waals surface area contributed by atoms with Crippen molar-refractivity contribution in [3.8, 4) is 23.0 Å². The number of hydrogen-bond donors (Lipinski definition) is 3.